The molecule has 0 aromatic heterocycles. The molecule has 5 heteroatoms. The van der Waals surface area contributed by atoms with Crippen LogP contribution in [0.5, 0.6) is 0 Å². The number of hydrogen-bond donors (Lipinski definition) is 2. The Hall–Kier alpha value is -0.490. The van der Waals surface area contributed by atoms with E-state index in [4.69, 9.17) is 9.47 Å². The van der Waals surface area contributed by atoms with Crippen LogP contribution >= 0.6 is 0 Å². The van der Waals surface area contributed by atoms with Gasteiger partial charge in [0.2, 0.25) is 0 Å². The molecule has 5 nitrogen and oxygen atoms in total. The van der Waals surface area contributed by atoms with Crippen molar-refractivity contribution in [2.75, 3.05) is 13.7 Å². The third kappa shape index (κ3) is 11.8. The summed E-state index contributed by atoms with van der Waals surface area (Å²) in [6.45, 7) is 6.68. The lowest BCUT2D eigenvalue weighted by atomic mass is 10.2. The highest BCUT2D eigenvalue weighted by molar-refractivity contribution is 5.57. The molecule has 0 saturated carbocycles. The van der Waals surface area contributed by atoms with E-state index in [9.17, 15) is 10.2 Å². The van der Waals surface area contributed by atoms with Crippen molar-refractivity contribution in [3.8, 4) is 0 Å². The molecule has 17 heavy (non-hydrogen) atoms. The van der Waals surface area contributed by atoms with E-state index in [0.29, 0.717) is 19.4 Å². The summed E-state index contributed by atoms with van der Waals surface area (Å²) in [6, 6.07) is 0. The van der Waals surface area contributed by atoms with Gasteiger partial charge < -0.3 is 24.7 Å². The van der Waals surface area contributed by atoms with Crippen molar-refractivity contribution in [1.82, 2.24) is 0 Å². The zero-order valence-electron chi connectivity index (χ0n) is 11.4. The van der Waals surface area contributed by atoms with Gasteiger partial charge in [-0.25, -0.2) is 0 Å². The van der Waals surface area contributed by atoms with Crippen LogP contribution in [0, 0.1) is 0 Å². The Bertz CT molecular complexity index is 228. The summed E-state index contributed by atoms with van der Waals surface area (Å²) in [5.41, 5.74) is 0. The quantitative estimate of drug-likeness (QED) is 0.501. The van der Waals surface area contributed by atoms with Crippen molar-refractivity contribution in [3.05, 3.63) is 0 Å². The van der Waals surface area contributed by atoms with Gasteiger partial charge in [-0.3, -0.25) is 0 Å². The molecule has 1 atom stereocenters. The molecule has 0 aromatic rings. The van der Waals surface area contributed by atoms with Crippen molar-refractivity contribution in [2.45, 2.75) is 58.2 Å². The van der Waals surface area contributed by atoms with Gasteiger partial charge in [-0.2, -0.15) is 0 Å². The van der Waals surface area contributed by atoms with Crippen molar-refractivity contribution in [2.24, 2.45) is 4.99 Å². The van der Waals surface area contributed by atoms with Crippen LogP contribution < -0.4 is 0 Å². The van der Waals surface area contributed by atoms with Crippen LogP contribution in [-0.2, 0) is 9.47 Å². The van der Waals surface area contributed by atoms with E-state index < -0.39 is 11.6 Å². The van der Waals surface area contributed by atoms with Crippen LogP contribution in [-0.4, -0.2) is 47.8 Å². The molecule has 0 aliphatic rings. The third-order valence-corrected chi connectivity index (χ3v) is 1.90. The third-order valence-electron chi connectivity index (χ3n) is 1.90. The van der Waals surface area contributed by atoms with E-state index in [1.165, 1.54) is 0 Å². The van der Waals surface area contributed by atoms with E-state index in [1.807, 2.05) is 0 Å². The predicted octanol–water partition coefficient (Wildman–Crippen LogP) is 1.33. The molecular weight excluding hydrogens is 222 g/mol. The Morgan fingerprint density at radius 3 is 2.18 bits per heavy atom. The summed E-state index contributed by atoms with van der Waals surface area (Å²) in [5.74, 6) is -2.32. The molecule has 102 valence electrons. The summed E-state index contributed by atoms with van der Waals surface area (Å²) < 4.78 is 10.7. The minimum absolute atomic E-state index is 0.180. The highest BCUT2D eigenvalue weighted by Gasteiger charge is 2.21. The zero-order valence-corrected chi connectivity index (χ0v) is 11.4. The molecule has 0 rings (SSSR count). The van der Waals surface area contributed by atoms with E-state index in [2.05, 4.69) is 4.99 Å². The second kappa shape index (κ2) is 7.06. The number of ether oxygens (including phenoxy) is 2. The highest BCUT2D eigenvalue weighted by atomic mass is 16.6. The first-order chi connectivity index (χ1) is 7.64. The molecule has 0 fully saturated rings. The normalized spacial score (nSPS) is 15.5. The lowest BCUT2D eigenvalue weighted by Gasteiger charge is -2.26. The van der Waals surface area contributed by atoms with Crippen LogP contribution in [0.25, 0.3) is 0 Å². The minimum atomic E-state index is -1.18. The maximum atomic E-state index is 9.59. The summed E-state index contributed by atoms with van der Waals surface area (Å²) in [4.78, 5) is 3.89. The maximum Gasteiger partial charge on any atom is 0.160 e. The maximum absolute atomic E-state index is 9.59. The van der Waals surface area contributed by atoms with E-state index in [0.717, 1.165) is 0 Å². The van der Waals surface area contributed by atoms with E-state index in [-0.39, 0.29) is 6.10 Å². The fourth-order valence-electron chi connectivity index (χ4n) is 1.30. The average Bonchev–Trinajstić information content (AvgIpc) is 2.09. The molecule has 0 radical (unpaired) electrons. The van der Waals surface area contributed by atoms with Crippen LogP contribution in [0.1, 0.15) is 40.5 Å². The van der Waals surface area contributed by atoms with Gasteiger partial charge in [-0.05, 0) is 34.1 Å². The first-order valence-electron chi connectivity index (χ1n) is 5.81. The Morgan fingerprint density at radius 2 is 1.76 bits per heavy atom. The Balaban J connectivity index is 4.11. The molecular formula is C12H25NO4. The topological polar surface area (TPSA) is 71.3 Å². The second-order valence-corrected chi connectivity index (χ2v) is 4.95. The van der Waals surface area contributed by atoms with Crippen LogP contribution in [0.15, 0.2) is 4.99 Å². The summed E-state index contributed by atoms with van der Waals surface area (Å²) in [5, 5.41) is 19.0. The highest BCUT2D eigenvalue weighted by Crippen LogP contribution is 2.14. The SMILES string of the molecule is CN=CCC(CCOC(C)(C)O)OC(C)(C)O. The Kier molecular flexibility index (Phi) is 6.85. The lowest BCUT2D eigenvalue weighted by Crippen LogP contribution is -2.32. The number of rotatable bonds is 8. The van der Waals surface area contributed by atoms with Gasteiger partial charge in [-0.1, -0.05) is 0 Å². The van der Waals surface area contributed by atoms with Gasteiger partial charge in [0.1, 0.15) is 0 Å². The van der Waals surface area contributed by atoms with Gasteiger partial charge in [0, 0.05) is 19.7 Å². The van der Waals surface area contributed by atoms with E-state index >= 15 is 0 Å². The summed E-state index contributed by atoms with van der Waals surface area (Å²) >= 11 is 0. The van der Waals surface area contributed by atoms with Crippen LogP contribution in [0.4, 0.5) is 0 Å². The molecule has 2 N–H and O–H groups in total. The first kappa shape index (κ1) is 16.5. The molecule has 0 bridgehead atoms. The standard InChI is InChI=1S/C12H25NO4/c1-11(2,14)16-9-7-10(6-8-13-5)17-12(3,4)15/h8,10,14-15H,6-7,9H2,1-5H3. The van der Waals surface area contributed by atoms with E-state index in [1.54, 1.807) is 41.0 Å². The summed E-state index contributed by atoms with van der Waals surface area (Å²) in [7, 11) is 1.69. The predicted molar refractivity (Wildman–Crippen MR) is 67.1 cm³/mol. The molecule has 0 saturated heterocycles. The first-order valence-corrected chi connectivity index (χ1v) is 5.81. The number of aliphatic hydroxyl groups is 2. The molecule has 0 amide bonds. The van der Waals surface area contributed by atoms with Gasteiger partial charge in [0.25, 0.3) is 0 Å². The van der Waals surface area contributed by atoms with Crippen molar-refractivity contribution < 1.29 is 19.7 Å². The largest absolute Gasteiger partial charge is 0.366 e. The van der Waals surface area contributed by atoms with Crippen LogP contribution in [0.3, 0.4) is 0 Å². The van der Waals surface area contributed by atoms with Gasteiger partial charge in [0.05, 0.1) is 12.7 Å². The van der Waals surface area contributed by atoms with Crippen molar-refractivity contribution >= 4 is 6.21 Å². The van der Waals surface area contributed by atoms with Gasteiger partial charge >= 0.3 is 0 Å². The van der Waals surface area contributed by atoms with Crippen molar-refractivity contribution in [3.63, 3.8) is 0 Å². The second-order valence-electron chi connectivity index (χ2n) is 4.95. The molecule has 0 aromatic carbocycles. The Morgan fingerprint density at radius 1 is 1.18 bits per heavy atom. The van der Waals surface area contributed by atoms with Gasteiger partial charge in [-0.15, -0.1) is 0 Å². The molecule has 0 aliphatic heterocycles. The van der Waals surface area contributed by atoms with Crippen LogP contribution in [0.2, 0.25) is 0 Å². The fraction of sp³-hybridized carbons (Fsp3) is 0.917. The minimum Gasteiger partial charge on any atom is -0.366 e. The number of hydrogen-bond acceptors (Lipinski definition) is 5. The monoisotopic (exact) mass is 247 g/mol. The number of aliphatic imine (C=N–C) groups is 1. The Labute approximate surface area is 103 Å². The molecule has 0 aliphatic carbocycles. The molecule has 1 unspecified atom stereocenters. The molecule has 0 heterocycles. The lowest BCUT2D eigenvalue weighted by molar-refractivity contribution is -0.216. The summed E-state index contributed by atoms with van der Waals surface area (Å²) in [6.07, 6.45) is 2.75. The van der Waals surface area contributed by atoms with Crippen molar-refractivity contribution in [1.29, 1.82) is 0 Å². The average molecular weight is 247 g/mol. The number of nitrogens with zero attached hydrogens (tertiary/aromatic N) is 1. The van der Waals surface area contributed by atoms with Gasteiger partial charge in [0.15, 0.2) is 11.6 Å². The fourth-order valence-corrected chi connectivity index (χ4v) is 1.30. The smallest absolute Gasteiger partial charge is 0.160 e. The molecule has 0 spiro atoms. The zero-order chi connectivity index (χ0) is 13.5.